The van der Waals surface area contributed by atoms with Gasteiger partial charge in [-0.1, -0.05) is 18.5 Å². The summed E-state index contributed by atoms with van der Waals surface area (Å²) in [6, 6.07) is 2.55. The zero-order chi connectivity index (χ0) is 16.5. The Morgan fingerprint density at radius 1 is 1.45 bits per heavy atom. The highest BCUT2D eigenvalue weighted by Crippen LogP contribution is 2.41. The third kappa shape index (κ3) is 3.30. The lowest BCUT2D eigenvalue weighted by molar-refractivity contribution is -0.187. The van der Waals surface area contributed by atoms with E-state index in [4.69, 9.17) is 26.2 Å². The molecule has 4 nitrogen and oxygen atoms in total. The fourth-order valence-electron chi connectivity index (χ4n) is 1.94. The molecule has 0 saturated heterocycles. The van der Waals surface area contributed by atoms with Crippen LogP contribution in [-0.2, 0) is 4.79 Å². The summed E-state index contributed by atoms with van der Waals surface area (Å²) in [5.41, 5.74) is -0.731. The van der Waals surface area contributed by atoms with E-state index in [1.165, 1.54) is 12.1 Å². The zero-order valence-electron chi connectivity index (χ0n) is 11.4. The molecule has 0 amide bonds. The predicted molar refractivity (Wildman–Crippen MR) is 73.3 cm³/mol. The van der Waals surface area contributed by atoms with Gasteiger partial charge in [-0.25, -0.2) is 4.79 Å². The van der Waals surface area contributed by atoms with Crippen molar-refractivity contribution in [3.8, 4) is 11.5 Å². The number of rotatable bonds is 4. The molecule has 0 spiro atoms. The number of benzene rings is 1. The molecule has 1 atom stereocenters. The van der Waals surface area contributed by atoms with Crippen molar-refractivity contribution in [1.29, 1.82) is 0 Å². The standard InChI is InChI=1S/C14H12ClF3O4/c1-2-3-21-11-6-10-7(5-9(11)15)4-8(13(19)20)12(22-10)14(16,17)18/h4-6,12H,2-3H2,1H3,(H,19,20). The van der Waals surface area contributed by atoms with E-state index in [9.17, 15) is 18.0 Å². The molecule has 0 radical (unpaired) electrons. The minimum atomic E-state index is -4.84. The smallest absolute Gasteiger partial charge is 0.430 e. The Morgan fingerprint density at radius 3 is 2.68 bits per heavy atom. The van der Waals surface area contributed by atoms with Crippen LogP contribution in [0.1, 0.15) is 18.9 Å². The molecule has 1 N–H and O–H groups in total. The second-order valence-electron chi connectivity index (χ2n) is 4.61. The monoisotopic (exact) mass is 336 g/mol. The molecule has 0 saturated carbocycles. The summed E-state index contributed by atoms with van der Waals surface area (Å²) in [6.07, 6.45) is -5.76. The lowest BCUT2D eigenvalue weighted by atomic mass is 10.0. The van der Waals surface area contributed by atoms with Gasteiger partial charge in [0, 0.05) is 11.6 Å². The van der Waals surface area contributed by atoms with Crippen LogP contribution in [0.3, 0.4) is 0 Å². The Labute approximate surface area is 129 Å². The van der Waals surface area contributed by atoms with Gasteiger partial charge in [0.25, 0.3) is 0 Å². The first-order valence-corrected chi connectivity index (χ1v) is 6.76. The van der Waals surface area contributed by atoms with Crippen LogP contribution in [0.15, 0.2) is 17.7 Å². The van der Waals surface area contributed by atoms with E-state index in [-0.39, 0.29) is 22.1 Å². The van der Waals surface area contributed by atoms with Crippen molar-refractivity contribution in [3.05, 3.63) is 28.3 Å². The molecule has 0 fully saturated rings. The number of alkyl halides is 3. The van der Waals surface area contributed by atoms with Crippen LogP contribution in [0.4, 0.5) is 13.2 Å². The number of halogens is 4. The number of hydrogen-bond donors (Lipinski definition) is 1. The normalized spacial score (nSPS) is 17.3. The second kappa shape index (κ2) is 6.08. The number of hydrogen-bond acceptors (Lipinski definition) is 3. The quantitative estimate of drug-likeness (QED) is 0.905. The summed E-state index contributed by atoms with van der Waals surface area (Å²) in [5.74, 6) is -1.63. The molecule has 1 unspecified atom stereocenters. The minimum Gasteiger partial charge on any atom is -0.492 e. The van der Waals surface area contributed by atoms with Gasteiger partial charge in [-0.3, -0.25) is 0 Å². The van der Waals surface area contributed by atoms with Crippen LogP contribution >= 0.6 is 11.6 Å². The van der Waals surface area contributed by atoms with E-state index in [0.717, 1.165) is 6.08 Å². The van der Waals surface area contributed by atoms with Crippen molar-refractivity contribution in [2.45, 2.75) is 25.6 Å². The van der Waals surface area contributed by atoms with Crippen molar-refractivity contribution in [3.63, 3.8) is 0 Å². The molecule has 1 aromatic rings. The summed E-state index contributed by atoms with van der Waals surface area (Å²) in [5, 5.41) is 9.10. The predicted octanol–water partition coefficient (Wildman–Crippen LogP) is 3.92. The molecule has 2 rings (SSSR count). The molecule has 1 aliphatic heterocycles. The molecule has 1 aliphatic rings. The number of carbonyl (C=O) groups is 1. The summed E-state index contributed by atoms with van der Waals surface area (Å²) in [4.78, 5) is 11.0. The topological polar surface area (TPSA) is 55.8 Å². The van der Waals surface area contributed by atoms with Crippen LogP contribution < -0.4 is 9.47 Å². The third-order valence-electron chi connectivity index (χ3n) is 2.91. The average Bonchev–Trinajstić information content (AvgIpc) is 2.42. The lowest BCUT2D eigenvalue weighted by Gasteiger charge is -2.27. The van der Waals surface area contributed by atoms with E-state index >= 15 is 0 Å². The number of aliphatic carboxylic acids is 1. The maximum atomic E-state index is 12.9. The number of fused-ring (bicyclic) bond motifs is 1. The Hall–Kier alpha value is -1.89. The highest BCUT2D eigenvalue weighted by Gasteiger charge is 2.48. The van der Waals surface area contributed by atoms with Gasteiger partial charge in [0.2, 0.25) is 6.10 Å². The maximum Gasteiger partial charge on any atom is 0.430 e. The number of carboxylic acids is 1. The summed E-state index contributed by atoms with van der Waals surface area (Å²) in [7, 11) is 0. The van der Waals surface area contributed by atoms with Crippen LogP contribution in [-0.4, -0.2) is 30.0 Å². The SMILES string of the molecule is CCCOc1cc2c(cc1Cl)C=C(C(=O)O)C(C(F)(F)F)O2. The lowest BCUT2D eigenvalue weighted by Crippen LogP contribution is -2.40. The van der Waals surface area contributed by atoms with Crippen LogP contribution in [0.5, 0.6) is 11.5 Å². The van der Waals surface area contributed by atoms with Crippen molar-refractivity contribution in [2.24, 2.45) is 0 Å². The molecule has 1 heterocycles. The molecule has 22 heavy (non-hydrogen) atoms. The Kier molecular flexibility index (Phi) is 4.55. The van der Waals surface area contributed by atoms with Gasteiger partial charge in [0.05, 0.1) is 17.2 Å². The molecular weight excluding hydrogens is 325 g/mol. The largest absolute Gasteiger partial charge is 0.492 e. The molecule has 0 aliphatic carbocycles. The summed E-state index contributed by atoms with van der Waals surface area (Å²) < 4.78 is 49.0. The fraction of sp³-hybridized carbons (Fsp3) is 0.357. The Morgan fingerprint density at radius 2 is 2.14 bits per heavy atom. The number of ether oxygens (including phenoxy) is 2. The van der Waals surface area contributed by atoms with Crippen LogP contribution in [0.2, 0.25) is 5.02 Å². The molecule has 0 bridgehead atoms. The molecule has 120 valence electrons. The van der Waals surface area contributed by atoms with Crippen molar-refractivity contribution in [1.82, 2.24) is 0 Å². The molecule has 1 aromatic carbocycles. The highest BCUT2D eigenvalue weighted by atomic mass is 35.5. The maximum absolute atomic E-state index is 12.9. The van der Waals surface area contributed by atoms with Gasteiger partial charge in [-0.15, -0.1) is 0 Å². The van der Waals surface area contributed by atoms with Crippen molar-refractivity contribution < 1.29 is 32.5 Å². The molecule has 0 aromatic heterocycles. The van der Waals surface area contributed by atoms with Crippen molar-refractivity contribution in [2.75, 3.05) is 6.61 Å². The summed E-state index contributed by atoms with van der Waals surface area (Å²) in [6.45, 7) is 2.21. The number of carboxylic acid groups (broad SMARTS) is 1. The Balaban J connectivity index is 2.46. The fourth-order valence-corrected chi connectivity index (χ4v) is 2.16. The van der Waals surface area contributed by atoms with E-state index in [2.05, 4.69) is 0 Å². The second-order valence-corrected chi connectivity index (χ2v) is 5.02. The van der Waals surface area contributed by atoms with E-state index in [1.807, 2.05) is 6.92 Å². The van der Waals surface area contributed by atoms with E-state index in [0.29, 0.717) is 13.0 Å². The average molecular weight is 337 g/mol. The van der Waals surface area contributed by atoms with Gasteiger partial charge < -0.3 is 14.6 Å². The van der Waals surface area contributed by atoms with Crippen LogP contribution in [0, 0.1) is 0 Å². The first-order valence-electron chi connectivity index (χ1n) is 6.38. The van der Waals surface area contributed by atoms with Crippen LogP contribution in [0.25, 0.3) is 6.08 Å². The van der Waals surface area contributed by atoms with Gasteiger partial charge in [0.15, 0.2) is 0 Å². The third-order valence-corrected chi connectivity index (χ3v) is 3.20. The van der Waals surface area contributed by atoms with Gasteiger partial charge >= 0.3 is 12.1 Å². The van der Waals surface area contributed by atoms with E-state index in [1.54, 1.807) is 0 Å². The summed E-state index contributed by atoms with van der Waals surface area (Å²) >= 11 is 5.97. The van der Waals surface area contributed by atoms with Crippen molar-refractivity contribution >= 4 is 23.6 Å². The first-order chi connectivity index (χ1) is 10.2. The van der Waals surface area contributed by atoms with Gasteiger partial charge in [0.1, 0.15) is 11.5 Å². The van der Waals surface area contributed by atoms with Gasteiger partial charge in [-0.05, 0) is 18.6 Å². The van der Waals surface area contributed by atoms with Gasteiger partial charge in [-0.2, -0.15) is 13.2 Å². The minimum absolute atomic E-state index is 0.122. The molecule has 8 heteroatoms. The zero-order valence-corrected chi connectivity index (χ0v) is 12.2. The Bertz CT molecular complexity index is 625. The highest BCUT2D eigenvalue weighted by molar-refractivity contribution is 6.32. The molecular formula is C14H12ClF3O4. The first kappa shape index (κ1) is 16.5. The van der Waals surface area contributed by atoms with E-state index < -0.39 is 23.8 Å².